The molecule has 3 amide bonds. The summed E-state index contributed by atoms with van der Waals surface area (Å²) in [6.07, 6.45) is 0.576. The third-order valence-electron chi connectivity index (χ3n) is 3.72. The van der Waals surface area contributed by atoms with Gasteiger partial charge in [0.2, 0.25) is 0 Å². The van der Waals surface area contributed by atoms with E-state index in [0.29, 0.717) is 13.0 Å². The molecule has 1 saturated heterocycles. The van der Waals surface area contributed by atoms with Crippen molar-refractivity contribution in [3.05, 3.63) is 35.4 Å². The van der Waals surface area contributed by atoms with Gasteiger partial charge in [0.25, 0.3) is 5.91 Å². The number of amides is 3. The zero-order chi connectivity index (χ0) is 14.0. The molecule has 5 nitrogen and oxygen atoms in total. The maximum Gasteiger partial charge on any atom is 0.325 e. The van der Waals surface area contributed by atoms with E-state index in [-0.39, 0.29) is 18.5 Å². The Morgan fingerprint density at radius 2 is 1.89 bits per heavy atom. The van der Waals surface area contributed by atoms with Crippen molar-refractivity contribution in [3.63, 3.8) is 0 Å². The standard InChI is InChI=1S/C14H19N3O2/c1-3-14(2)12(18)17(13(19)16-14)9-11-7-5-4-6-10(11)8-15/h4-7H,3,8-9,15H2,1-2H3,(H,16,19). The fourth-order valence-corrected chi connectivity index (χ4v) is 2.21. The molecule has 1 aliphatic heterocycles. The number of nitrogens with one attached hydrogen (secondary N) is 1. The Morgan fingerprint density at radius 3 is 2.42 bits per heavy atom. The van der Waals surface area contributed by atoms with Crippen LogP contribution < -0.4 is 11.1 Å². The first kappa shape index (κ1) is 13.5. The van der Waals surface area contributed by atoms with Gasteiger partial charge >= 0.3 is 6.03 Å². The molecule has 1 unspecified atom stereocenters. The Morgan fingerprint density at radius 1 is 1.26 bits per heavy atom. The summed E-state index contributed by atoms with van der Waals surface area (Å²) in [6.45, 7) is 4.30. The van der Waals surface area contributed by atoms with Gasteiger partial charge in [-0.3, -0.25) is 9.69 Å². The fraction of sp³-hybridized carbons (Fsp3) is 0.429. The van der Waals surface area contributed by atoms with Gasteiger partial charge in [-0.1, -0.05) is 31.2 Å². The molecule has 1 aromatic rings. The molecule has 102 valence electrons. The Hall–Kier alpha value is -1.88. The topological polar surface area (TPSA) is 75.4 Å². The molecule has 0 radical (unpaired) electrons. The minimum absolute atomic E-state index is 0.174. The molecule has 0 saturated carbocycles. The number of carbonyl (C=O) groups excluding carboxylic acids is 2. The predicted molar refractivity (Wildman–Crippen MR) is 72.1 cm³/mol. The third kappa shape index (κ3) is 2.33. The molecule has 1 aromatic carbocycles. The minimum atomic E-state index is -0.783. The van der Waals surface area contributed by atoms with Gasteiger partial charge < -0.3 is 11.1 Å². The van der Waals surface area contributed by atoms with Crippen molar-refractivity contribution < 1.29 is 9.59 Å². The van der Waals surface area contributed by atoms with E-state index in [1.54, 1.807) is 6.92 Å². The van der Waals surface area contributed by atoms with Crippen molar-refractivity contribution in [2.75, 3.05) is 0 Å². The fourth-order valence-electron chi connectivity index (χ4n) is 2.21. The summed E-state index contributed by atoms with van der Waals surface area (Å²) in [5.41, 5.74) is 6.75. The van der Waals surface area contributed by atoms with E-state index < -0.39 is 5.54 Å². The maximum atomic E-state index is 12.3. The second kappa shape index (κ2) is 5.01. The molecule has 1 atom stereocenters. The first-order chi connectivity index (χ1) is 9.01. The molecular formula is C14H19N3O2. The summed E-state index contributed by atoms with van der Waals surface area (Å²) in [5.74, 6) is -0.174. The molecule has 1 heterocycles. The summed E-state index contributed by atoms with van der Waals surface area (Å²) in [7, 11) is 0. The maximum absolute atomic E-state index is 12.3. The van der Waals surface area contributed by atoms with Gasteiger partial charge in [-0.15, -0.1) is 0 Å². The number of rotatable bonds is 4. The molecule has 1 aliphatic rings. The Kier molecular flexibility index (Phi) is 3.57. The lowest BCUT2D eigenvalue weighted by atomic mass is 9.99. The number of imide groups is 1. The van der Waals surface area contributed by atoms with Crippen molar-refractivity contribution in [3.8, 4) is 0 Å². The van der Waals surface area contributed by atoms with Crippen LogP contribution in [0.2, 0.25) is 0 Å². The Balaban J connectivity index is 2.24. The number of benzene rings is 1. The Bertz CT molecular complexity index is 515. The van der Waals surface area contributed by atoms with Crippen LogP contribution in [-0.2, 0) is 17.9 Å². The van der Waals surface area contributed by atoms with E-state index in [0.717, 1.165) is 11.1 Å². The highest BCUT2D eigenvalue weighted by molar-refractivity contribution is 6.06. The molecule has 3 N–H and O–H groups in total. The van der Waals surface area contributed by atoms with Crippen LogP contribution in [-0.4, -0.2) is 22.4 Å². The Labute approximate surface area is 112 Å². The monoisotopic (exact) mass is 261 g/mol. The van der Waals surface area contributed by atoms with Gasteiger partial charge in [-0.2, -0.15) is 0 Å². The predicted octanol–water partition coefficient (Wildman–Crippen LogP) is 1.37. The lowest BCUT2D eigenvalue weighted by molar-refractivity contribution is -0.131. The van der Waals surface area contributed by atoms with Gasteiger partial charge in [-0.05, 0) is 24.5 Å². The normalized spacial score (nSPS) is 22.8. The molecule has 0 spiro atoms. The summed E-state index contributed by atoms with van der Waals surface area (Å²) < 4.78 is 0. The number of nitrogens with two attached hydrogens (primary N) is 1. The van der Waals surface area contributed by atoms with Crippen molar-refractivity contribution in [1.82, 2.24) is 10.2 Å². The SMILES string of the molecule is CCC1(C)NC(=O)N(Cc2ccccc2CN)C1=O. The second-order valence-electron chi connectivity index (χ2n) is 4.98. The van der Waals surface area contributed by atoms with E-state index in [2.05, 4.69) is 5.32 Å². The summed E-state index contributed by atoms with van der Waals surface area (Å²) in [6, 6.07) is 7.25. The van der Waals surface area contributed by atoms with E-state index in [1.807, 2.05) is 31.2 Å². The number of hydrogen-bond donors (Lipinski definition) is 2. The first-order valence-corrected chi connectivity index (χ1v) is 6.43. The van der Waals surface area contributed by atoms with Gasteiger partial charge in [0, 0.05) is 6.54 Å². The molecule has 0 aliphatic carbocycles. The molecular weight excluding hydrogens is 242 g/mol. The van der Waals surface area contributed by atoms with Crippen molar-refractivity contribution in [2.24, 2.45) is 5.73 Å². The molecule has 2 rings (SSSR count). The van der Waals surface area contributed by atoms with Crippen molar-refractivity contribution in [1.29, 1.82) is 0 Å². The van der Waals surface area contributed by atoms with E-state index in [9.17, 15) is 9.59 Å². The van der Waals surface area contributed by atoms with Crippen LogP contribution in [0.4, 0.5) is 4.79 Å². The third-order valence-corrected chi connectivity index (χ3v) is 3.72. The first-order valence-electron chi connectivity index (χ1n) is 6.43. The van der Waals surface area contributed by atoms with Crippen LogP contribution in [0.5, 0.6) is 0 Å². The van der Waals surface area contributed by atoms with Crippen LogP contribution in [0, 0.1) is 0 Å². The van der Waals surface area contributed by atoms with Gasteiger partial charge in [0.1, 0.15) is 5.54 Å². The van der Waals surface area contributed by atoms with Crippen molar-refractivity contribution >= 4 is 11.9 Å². The summed E-state index contributed by atoms with van der Waals surface area (Å²) in [5, 5.41) is 2.74. The van der Waals surface area contributed by atoms with E-state index in [4.69, 9.17) is 5.73 Å². The van der Waals surface area contributed by atoms with Crippen LogP contribution in [0.3, 0.4) is 0 Å². The molecule has 5 heteroatoms. The van der Waals surface area contributed by atoms with Crippen molar-refractivity contribution in [2.45, 2.75) is 38.9 Å². The highest BCUT2D eigenvalue weighted by Crippen LogP contribution is 2.23. The summed E-state index contributed by atoms with van der Waals surface area (Å²) in [4.78, 5) is 25.5. The average Bonchev–Trinajstić information content (AvgIpc) is 2.63. The van der Waals surface area contributed by atoms with Crippen LogP contribution >= 0.6 is 0 Å². The van der Waals surface area contributed by atoms with Crippen LogP contribution in [0.25, 0.3) is 0 Å². The molecule has 19 heavy (non-hydrogen) atoms. The van der Waals surface area contributed by atoms with E-state index >= 15 is 0 Å². The lowest BCUT2D eigenvalue weighted by Gasteiger charge is -2.19. The van der Waals surface area contributed by atoms with E-state index in [1.165, 1.54) is 4.90 Å². The van der Waals surface area contributed by atoms with Crippen LogP contribution in [0.15, 0.2) is 24.3 Å². The zero-order valence-corrected chi connectivity index (χ0v) is 11.3. The smallest absolute Gasteiger partial charge is 0.325 e. The number of nitrogens with zero attached hydrogens (tertiary/aromatic N) is 1. The zero-order valence-electron chi connectivity index (χ0n) is 11.3. The lowest BCUT2D eigenvalue weighted by Crippen LogP contribution is -2.43. The molecule has 0 bridgehead atoms. The average molecular weight is 261 g/mol. The molecule has 0 aromatic heterocycles. The number of carbonyl (C=O) groups is 2. The van der Waals surface area contributed by atoms with Gasteiger partial charge in [0.15, 0.2) is 0 Å². The van der Waals surface area contributed by atoms with Gasteiger partial charge in [-0.25, -0.2) is 4.79 Å². The quantitative estimate of drug-likeness (QED) is 0.804. The number of urea groups is 1. The minimum Gasteiger partial charge on any atom is -0.326 e. The van der Waals surface area contributed by atoms with Gasteiger partial charge in [0.05, 0.1) is 6.54 Å². The number of hydrogen-bond acceptors (Lipinski definition) is 3. The molecule has 1 fully saturated rings. The van der Waals surface area contributed by atoms with Crippen LogP contribution in [0.1, 0.15) is 31.4 Å². The largest absolute Gasteiger partial charge is 0.326 e. The highest BCUT2D eigenvalue weighted by Gasteiger charge is 2.46. The highest BCUT2D eigenvalue weighted by atomic mass is 16.2. The second-order valence-corrected chi connectivity index (χ2v) is 4.98. The summed E-state index contributed by atoms with van der Waals surface area (Å²) >= 11 is 0.